The number of piperazine rings is 1. The molecule has 1 atom stereocenters. The zero-order valence-corrected chi connectivity index (χ0v) is 21.1. The lowest BCUT2D eigenvalue weighted by Gasteiger charge is -2.45. The topological polar surface area (TPSA) is 130 Å². The number of aromatic nitrogens is 3. The highest BCUT2D eigenvalue weighted by atomic mass is 32.2. The summed E-state index contributed by atoms with van der Waals surface area (Å²) in [6.07, 6.45) is 6.65. The molecule has 2 N–H and O–H groups in total. The second-order valence-corrected chi connectivity index (χ2v) is 11.4. The smallest absolute Gasteiger partial charge is 0.243 e. The SMILES string of the molecule is CC(=O)c1cnc(Nc2ccc3c(c2)OCC2CN(S(=O)(=O)c4ccncc4)CCN32)nc1NC1CC1. The molecule has 2 aromatic heterocycles. The number of carbonyl (C=O) groups is 1. The molecule has 12 heteroatoms. The van der Waals surface area contributed by atoms with Crippen molar-refractivity contribution < 1.29 is 17.9 Å². The number of rotatable bonds is 7. The summed E-state index contributed by atoms with van der Waals surface area (Å²) in [4.78, 5) is 27.2. The van der Waals surface area contributed by atoms with Crippen molar-refractivity contribution in [3.8, 4) is 5.75 Å². The number of nitrogens with one attached hydrogen (secondary N) is 2. The predicted octanol–water partition coefficient (Wildman–Crippen LogP) is 2.66. The molecule has 6 rings (SSSR count). The first-order valence-corrected chi connectivity index (χ1v) is 13.7. The van der Waals surface area contributed by atoms with E-state index in [2.05, 4.69) is 30.5 Å². The maximum Gasteiger partial charge on any atom is 0.243 e. The van der Waals surface area contributed by atoms with Gasteiger partial charge in [-0.15, -0.1) is 0 Å². The zero-order chi connectivity index (χ0) is 25.6. The van der Waals surface area contributed by atoms with Crippen LogP contribution in [0.25, 0.3) is 0 Å². The van der Waals surface area contributed by atoms with E-state index in [9.17, 15) is 13.2 Å². The van der Waals surface area contributed by atoms with Gasteiger partial charge in [-0.3, -0.25) is 9.78 Å². The molecule has 0 spiro atoms. The number of hydrogen-bond acceptors (Lipinski definition) is 10. The maximum absolute atomic E-state index is 13.1. The lowest BCUT2D eigenvalue weighted by Crippen LogP contribution is -2.58. The molecule has 1 saturated heterocycles. The summed E-state index contributed by atoms with van der Waals surface area (Å²) in [7, 11) is -3.59. The molecule has 0 radical (unpaired) electrons. The molecular formula is C25H27N7O4S. The van der Waals surface area contributed by atoms with Crippen LogP contribution in [0.5, 0.6) is 5.75 Å². The van der Waals surface area contributed by atoms with Crippen LogP contribution in [0, 0.1) is 0 Å². The number of anilines is 4. The Morgan fingerprint density at radius 2 is 1.95 bits per heavy atom. The van der Waals surface area contributed by atoms with Gasteiger partial charge in [-0.1, -0.05) is 0 Å². The summed E-state index contributed by atoms with van der Waals surface area (Å²) in [5, 5.41) is 6.51. The first-order chi connectivity index (χ1) is 17.9. The Morgan fingerprint density at radius 1 is 1.14 bits per heavy atom. The van der Waals surface area contributed by atoms with Gasteiger partial charge in [0.2, 0.25) is 16.0 Å². The van der Waals surface area contributed by atoms with Crippen LogP contribution in [0.15, 0.2) is 53.8 Å². The highest BCUT2D eigenvalue weighted by Crippen LogP contribution is 2.38. The number of benzene rings is 1. The predicted molar refractivity (Wildman–Crippen MR) is 138 cm³/mol. The fraction of sp³-hybridized carbons (Fsp3) is 0.360. The number of ketones is 1. The molecule has 37 heavy (non-hydrogen) atoms. The zero-order valence-electron chi connectivity index (χ0n) is 20.3. The lowest BCUT2D eigenvalue weighted by molar-refractivity contribution is 0.101. The van der Waals surface area contributed by atoms with Gasteiger partial charge in [-0.25, -0.2) is 13.4 Å². The van der Waals surface area contributed by atoms with Crippen LogP contribution < -0.4 is 20.3 Å². The minimum absolute atomic E-state index is 0.0832. The molecule has 2 fully saturated rings. The first-order valence-electron chi connectivity index (χ1n) is 12.2. The molecule has 192 valence electrons. The van der Waals surface area contributed by atoms with Gasteiger partial charge in [0.05, 0.1) is 22.2 Å². The summed E-state index contributed by atoms with van der Waals surface area (Å²) < 4.78 is 33.7. The third kappa shape index (κ3) is 4.69. The molecule has 1 aromatic carbocycles. The molecule has 3 aromatic rings. The number of sulfonamides is 1. The van der Waals surface area contributed by atoms with Gasteiger partial charge >= 0.3 is 0 Å². The van der Waals surface area contributed by atoms with E-state index in [1.54, 1.807) is 6.20 Å². The molecule has 3 aliphatic rings. The summed E-state index contributed by atoms with van der Waals surface area (Å²) in [6.45, 7) is 3.17. The van der Waals surface area contributed by atoms with Crippen LogP contribution in [-0.4, -0.2) is 71.8 Å². The molecule has 4 heterocycles. The summed E-state index contributed by atoms with van der Waals surface area (Å²) in [5.74, 6) is 1.56. The average Bonchev–Trinajstić information content (AvgIpc) is 3.72. The summed E-state index contributed by atoms with van der Waals surface area (Å²) >= 11 is 0. The Kier molecular flexibility index (Phi) is 5.92. The Hall–Kier alpha value is -3.77. The van der Waals surface area contributed by atoms with E-state index < -0.39 is 10.0 Å². The second-order valence-electron chi connectivity index (χ2n) is 9.44. The fourth-order valence-corrected chi connectivity index (χ4v) is 6.11. The lowest BCUT2D eigenvalue weighted by atomic mass is 10.1. The number of Topliss-reactive ketones (excluding diaryl/α,β-unsaturated/α-hetero) is 1. The number of pyridine rings is 1. The van der Waals surface area contributed by atoms with Gasteiger partial charge in [-0.2, -0.15) is 9.29 Å². The van der Waals surface area contributed by atoms with Crippen LogP contribution in [0.1, 0.15) is 30.1 Å². The molecule has 0 bridgehead atoms. The van der Waals surface area contributed by atoms with Crippen molar-refractivity contribution in [3.63, 3.8) is 0 Å². The average molecular weight is 522 g/mol. The number of carbonyl (C=O) groups excluding carboxylic acids is 1. The van der Waals surface area contributed by atoms with Crippen LogP contribution in [0.4, 0.5) is 23.1 Å². The Bertz CT molecular complexity index is 1450. The highest BCUT2D eigenvalue weighted by Gasteiger charge is 2.37. The monoisotopic (exact) mass is 521 g/mol. The molecular weight excluding hydrogens is 494 g/mol. The first kappa shape index (κ1) is 23.6. The van der Waals surface area contributed by atoms with Gasteiger partial charge in [0.1, 0.15) is 18.2 Å². The molecule has 1 unspecified atom stereocenters. The van der Waals surface area contributed by atoms with Crippen LogP contribution in [0.3, 0.4) is 0 Å². The van der Waals surface area contributed by atoms with E-state index >= 15 is 0 Å². The number of nitrogens with zero attached hydrogens (tertiary/aromatic N) is 5. The molecule has 1 saturated carbocycles. The van der Waals surface area contributed by atoms with E-state index in [4.69, 9.17) is 4.74 Å². The van der Waals surface area contributed by atoms with Crippen LogP contribution >= 0.6 is 0 Å². The van der Waals surface area contributed by atoms with E-state index in [0.29, 0.717) is 55.4 Å². The van der Waals surface area contributed by atoms with Crippen molar-refractivity contribution >= 4 is 38.9 Å². The fourth-order valence-electron chi connectivity index (χ4n) is 4.65. The quantitative estimate of drug-likeness (QED) is 0.448. The number of ether oxygens (including phenoxy) is 1. The summed E-state index contributed by atoms with van der Waals surface area (Å²) in [6, 6.07) is 9.07. The molecule has 1 aliphatic carbocycles. The maximum atomic E-state index is 13.1. The van der Waals surface area contributed by atoms with Crippen molar-refractivity contribution in [1.82, 2.24) is 19.3 Å². The highest BCUT2D eigenvalue weighted by molar-refractivity contribution is 7.89. The summed E-state index contributed by atoms with van der Waals surface area (Å²) in [5.41, 5.74) is 2.15. The van der Waals surface area contributed by atoms with Crippen LogP contribution in [0.2, 0.25) is 0 Å². The van der Waals surface area contributed by atoms with Gasteiger partial charge in [-0.05, 0) is 44.0 Å². The molecule has 0 amide bonds. The standard InChI is InChI=1S/C25H27N7O4S/c1-16(33)21-13-27-25(30-24(21)28-17-2-3-17)29-18-4-5-22-23(12-18)36-15-19-14-31(10-11-32(19)22)37(34,35)20-6-8-26-9-7-20/h4-9,12-13,17,19H,2-3,10-11,14-15H2,1H3,(H2,27,28,29,30). The van der Waals surface area contributed by atoms with E-state index in [0.717, 1.165) is 24.2 Å². The van der Waals surface area contributed by atoms with E-state index in [1.807, 2.05) is 18.2 Å². The largest absolute Gasteiger partial charge is 0.489 e. The van der Waals surface area contributed by atoms with Gasteiger partial charge in [0.25, 0.3) is 0 Å². The Balaban J connectivity index is 1.18. The minimum Gasteiger partial charge on any atom is -0.489 e. The van der Waals surface area contributed by atoms with Crippen molar-refractivity contribution in [2.45, 2.75) is 36.7 Å². The van der Waals surface area contributed by atoms with Crippen molar-refractivity contribution in [1.29, 1.82) is 0 Å². The van der Waals surface area contributed by atoms with Crippen molar-refractivity contribution in [3.05, 3.63) is 54.5 Å². The van der Waals surface area contributed by atoms with E-state index in [-0.39, 0.29) is 16.7 Å². The normalized spacial score (nSPS) is 19.4. The van der Waals surface area contributed by atoms with E-state index in [1.165, 1.54) is 35.8 Å². The Labute approximate surface area is 214 Å². The van der Waals surface area contributed by atoms with Crippen LogP contribution in [-0.2, 0) is 10.0 Å². The van der Waals surface area contributed by atoms with Crippen molar-refractivity contribution in [2.75, 3.05) is 41.8 Å². The third-order valence-electron chi connectivity index (χ3n) is 6.78. The molecule has 2 aliphatic heterocycles. The van der Waals surface area contributed by atoms with Gasteiger partial charge < -0.3 is 20.3 Å². The van der Waals surface area contributed by atoms with Gasteiger partial charge in [0.15, 0.2) is 5.78 Å². The minimum atomic E-state index is -3.59. The number of hydrogen-bond donors (Lipinski definition) is 2. The van der Waals surface area contributed by atoms with Crippen molar-refractivity contribution in [2.24, 2.45) is 0 Å². The third-order valence-corrected chi connectivity index (χ3v) is 8.66. The second kappa shape index (κ2) is 9.27. The molecule has 11 nitrogen and oxygen atoms in total. The number of fused-ring (bicyclic) bond motifs is 3. The van der Waals surface area contributed by atoms with Gasteiger partial charge in [0, 0.05) is 56.0 Å². The Morgan fingerprint density at radius 3 is 2.70 bits per heavy atom.